The molecule has 1 saturated heterocycles. The summed E-state index contributed by atoms with van der Waals surface area (Å²) in [5.74, 6) is -8.92. The van der Waals surface area contributed by atoms with E-state index in [4.69, 9.17) is 22.9 Å². The SMILES string of the molecule is CCCCCCCCCCCCCCCC(CC(=O)N[C@@H](CC(N)=O)C(=O)NC(Cc1ccc(O)cc1)C(=O)N[C@H](C=O)CC(N)=O)NN[C@@H](CC(N)=O)C(=O)N[C@@H](CO)C(=O)N1CCC[C@H]1C(=O)N[C@H](C=O)CCC(N)=O. The van der Waals surface area contributed by atoms with Crippen molar-refractivity contribution in [3.05, 3.63) is 29.8 Å². The monoisotopic (exact) mass is 1100 g/mol. The lowest BCUT2D eigenvalue weighted by Crippen LogP contribution is -2.60. The average Bonchev–Trinajstić information content (AvgIpc) is 3.89. The first kappa shape index (κ1) is 67.1. The maximum Gasteiger partial charge on any atom is 0.248 e. The molecule has 1 aliphatic rings. The largest absolute Gasteiger partial charge is 0.508 e. The lowest BCUT2D eigenvalue weighted by atomic mass is 10.0. The van der Waals surface area contributed by atoms with Crippen LogP contribution in [0.15, 0.2) is 24.3 Å². The summed E-state index contributed by atoms with van der Waals surface area (Å²) in [7, 11) is 0. The number of carbonyl (C=O) groups excluding carboxylic acids is 12. The van der Waals surface area contributed by atoms with E-state index in [0.717, 1.165) is 43.4 Å². The zero-order valence-corrected chi connectivity index (χ0v) is 44.8. The molecule has 78 heavy (non-hydrogen) atoms. The molecule has 1 fully saturated rings. The fourth-order valence-corrected chi connectivity index (χ4v) is 8.84. The van der Waals surface area contributed by atoms with Gasteiger partial charge in [0.25, 0.3) is 0 Å². The Kier molecular flexibility index (Phi) is 32.4. The van der Waals surface area contributed by atoms with E-state index in [-0.39, 0.29) is 50.7 Å². The molecule has 1 aliphatic heterocycles. The number of aldehydes is 2. The van der Waals surface area contributed by atoms with Gasteiger partial charge in [-0.1, -0.05) is 103 Å². The molecular weight excluding hydrogens is 1020 g/mol. The number of aliphatic hydroxyl groups excluding tert-OH is 1. The number of benzene rings is 1. The van der Waals surface area contributed by atoms with Gasteiger partial charge in [-0.15, -0.1) is 0 Å². The van der Waals surface area contributed by atoms with E-state index in [9.17, 15) is 67.7 Å². The van der Waals surface area contributed by atoms with Crippen LogP contribution in [0.25, 0.3) is 0 Å². The second-order valence-corrected chi connectivity index (χ2v) is 19.8. The molecule has 1 heterocycles. The number of aliphatic hydroxyl groups is 1. The van der Waals surface area contributed by atoms with E-state index < -0.39 is 140 Å². The molecular formula is C52H84N12O14. The molecule has 0 radical (unpaired) electrons. The number of phenols is 1. The lowest BCUT2D eigenvalue weighted by molar-refractivity contribution is -0.143. The molecule has 8 atom stereocenters. The van der Waals surface area contributed by atoms with Crippen molar-refractivity contribution in [3.8, 4) is 5.75 Å². The van der Waals surface area contributed by atoms with Crippen molar-refractivity contribution in [1.82, 2.24) is 42.3 Å². The number of nitrogens with one attached hydrogen (secondary N) is 7. The zero-order chi connectivity index (χ0) is 58.0. The molecule has 0 aliphatic carbocycles. The summed E-state index contributed by atoms with van der Waals surface area (Å²) in [5, 5.41) is 32.3. The van der Waals surface area contributed by atoms with Gasteiger partial charge in [-0.2, -0.15) is 0 Å². The van der Waals surface area contributed by atoms with Gasteiger partial charge in [0.2, 0.25) is 59.1 Å². The summed E-state index contributed by atoms with van der Waals surface area (Å²) in [6, 6.07) is -5.01. The highest BCUT2D eigenvalue weighted by molar-refractivity contribution is 5.97. The molecule has 2 rings (SSSR count). The molecule has 10 amide bonds. The fraction of sp³-hybridized carbons (Fsp3) is 0.654. The quantitative estimate of drug-likeness (QED) is 0.0198. The summed E-state index contributed by atoms with van der Waals surface area (Å²) < 4.78 is 0. The summed E-state index contributed by atoms with van der Waals surface area (Å²) in [5.41, 5.74) is 27.5. The minimum absolute atomic E-state index is 0.0572. The van der Waals surface area contributed by atoms with E-state index in [1.165, 1.54) is 62.8 Å². The molecule has 26 heteroatoms. The van der Waals surface area contributed by atoms with Crippen LogP contribution in [-0.4, -0.2) is 148 Å². The van der Waals surface area contributed by atoms with Crippen molar-refractivity contribution in [2.24, 2.45) is 22.9 Å². The number of nitrogens with two attached hydrogens (primary N) is 4. The molecule has 0 bridgehead atoms. The van der Waals surface area contributed by atoms with Crippen LogP contribution in [-0.2, 0) is 64.0 Å². The highest BCUT2D eigenvalue weighted by Crippen LogP contribution is 2.20. The van der Waals surface area contributed by atoms with Crippen LogP contribution in [0.1, 0.15) is 154 Å². The van der Waals surface area contributed by atoms with Crippen molar-refractivity contribution in [2.75, 3.05) is 13.2 Å². The number of hydrazine groups is 1. The molecule has 1 aromatic rings. The number of rotatable bonds is 43. The van der Waals surface area contributed by atoms with Crippen molar-refractivity contribution in [2.45, 2.75) is 203 Å². The summed E-state index contributed by atoms with van der Waals surface area (Å²) in [6.07, 6.45) is 12.6. The predicted molar refractivity (Wildman–Crippen MR) is 284 cm³/mol. The van der Waals surface area contributed by atoms with Crippen molar-refractivity contribution < 1.29 is 67.7 Å². The van der Waals surface area contributed by atoms with Gasteiger partial charge in [-0.05, 0) is 43.4 Å². The number of aromatic hydroxyl groups is 1. The number of hydrogen-bond acceptors (Lipinski definition) is 16. The van der Waals surface area contributed by atoms with Gasteiger partial charge in [-0.25, -0.2) is 5.43 Å². The number of carbonyl (C=O) groups is 12. The van der Waals surface area contributed by atoms with Crippen LogP contribution in [0, 0.1) is 0 Å². The normalized spacial score (nSPS) is 15.7. The number of hydrogen-bond donors (Lipinski definition) is 13. The van der Waals surface area contributed by atoms with Gasteiger partial charge >= 0.3 is 0 Å². The highest BCUT2D eigenvalue weighted by Gasteiger charge is 2.39. The van der Waals surface area contributed by atoms with Gasteiger partial charge < -0.3 is 74.2 Å². The summed E-state index contributed by atoms with van der Waals surface area (Å²) in [6.45, 7) is 1.31. The molecule has 2 unspecified atom stereocenters. The Hall–Kier alpha value is -7.06. The molecule has 0 aromatic heterocycles. The van der Waals surface area contributed by atoms with Crippen LogP contribution in [0.4, 0.5) is 0 Å². The van der Waals surface area contributed by atoms with E-state index in [0.29, 0.717) is 24.7 Å². The molecule has 0 saturated carbocycles. The Morgan fingerprint density at radius 2 is 1.12 bits per heavy atom. The van der Waals surface area contributed by atoms with Crippen LogP contribution in [0.5, 0.6) is 5.75 Å². The smallest absolute Gasteiger partial charge is 0.248 e. The van der Waals surface area contributed by atoms with Gasteiger partial charge in [0.1, 0.15) is 48.5 Å². The first-order valence-corrected chi connectivity index (χ1v) is 27.0. The molecule has 1 aromatic carbocycles. The van der Waals surface area contributed by atoms with Crippen LogP contribution < -0.4 is 60.4 Å². The van der Waals surface area contributed by atoms with Crippen molar-refractivity contribution in [3.63, 3.8) is 0 Å². The number of phenolic OH excluding ortho intramolecular Hbond substituents is 1. The lowest BCUT2D eigenvalue weighted by Gasteiger charge is -2.30. The second-order valence-electron chi connectivity index (χ2n) is 19.8. The number of nitrogens with zero attached hydrogens (tertiary/aromatic N) is 1. The van der Waals surface area contributed by atoms with Gasteiger partial charge in [0.05, 0.1) is 38.0 Å². The second kappa shape index (κ2) is 37.7. The highest BCUT2D eigenvalue weighted by atomic mass is 16.3. The first-order valence-electron chi connectivity index (χ1n) is 27.0. The molecule has 26 nitrogen and oxygen atoms in total. The van der Waals surface area contributed by atoms with E-state index in [1.54, 1.807) is 0 Å². The molecule has 17 N–H and O–H groups in total. The Bertz CT molecular complexity index is 2130. The van der Waals surface area contributed by atoms with Gasteiger partial charge in [-0.3, -0.25) is 53.4 Å². The predicted octanol–water partition coefficient (Wildman–Crippen LogP) is -1.67. The van der Waals surface area contributed by atoms with E-state index in [1.807, 2.05) is 0 Å². The van der Waals surface area contributed by atoms with Crippen molar-refractivity contribution >= 4 is 71.6 Å². The minimum Gasteiger partial charge on any atom is -0.508 e. The van der Waals surface area contributed by atoms with Crippen LogP contribution in [0.3, 0.4) is 0 Å². The summed E-state index contributed by atoms with van der Waals surface area (Å²) >= 11 is 0. The topological polar surface area (TPSA) is 437 Å². The van der Waals surface area contributed by atoms with Gasteiger partial charge in [0, 0.05) is 31.8 Å². The standard InChI is InChI=1S/C52H84N12O14/c1-2-3-4-5-6-7-8-9-10-11-12-13-14-16-34(27-47(73)59-39(28-45(55)71)49(75)60-38(25-33-18-21-37(68)22-19-33)48(74)58-36(31-66)26-44(54)70)62-63-40(29-46(56)72)50(76)61-41(32-67)52(78)64-24-15-17-42(64)51(77)57-35(30-65)20-23-43(53)69/h18-19,21-22,30-31,34-36,38-42,62-63,67-68H,2-17,20,23-29,32H2,1H3,(H2,53,69)(H2,54,70)(H2,55,71)(H2,56,72)(H,57,77)(H,58,74)(H,59,73)(H,60,75)(H,61,76)/t34?,35-,36-,38?,39-,40-,41-,42-/m0/s1. The van der Waals surface area contributed by atoms with E-state index in [2.05, 4.69) is 44.4 Å². The third kappa shape index (κ3) is 27.3. The number of unbranched alkanes of at least 4 members (excludes halogenated alkanes) is 12. The van der Waals surface area contributed by atoms with Crippen LogP contribution >= 0.6 is 0 Å². The van der Waals surface area contributed by atoms with Crippen LogP contribution in [0.2, 0.25) is 0 Å². The Labute approximate surface area is 455 Å². The van der Waals surface area contributed by atoms with E-state index >= 15 is 0 Å². The maximum absolute atomic E-state index is 13.9. The average molecular weight is 1100 g/mol. The Morgan fingerprint density at radius 3 is 1.65 bits per heavy atom. The van der Waals surface area contributed by atoms with Crippen molar-refractivity contribution in [1.29, 1.82) is 0 Å². The minimum atomic E-state index is -1.65. The maximum atomic E-state index is 13.9. The first-order chi connectivity index (χ1) is 37.2. The third-order valence-electron chi connectivity index (χ3n) is 13.1. The Balaban J connectivity index is 2.30. The zero-order valence-electron chi connectivity index (χ0n) is 44.8. The molecule has 436 valence electrons. The fourth-order valence-electron chi connectivity index (χ4n) is 8.84. The third-order valence-corrected chi connectivity index (χ3v) is 13.1. The number of primary amides is 4. The summed E-state index contributed by atoms with van der Waals surface area (Å²) in [4.78, 5) is 154. The van der Waals surface area contributed by atoms with Gasteiger partial charge in [0.15, 0.2) is 0 Å². The number of likely N-dealkylation sites (tertiary alicyclic amines) is 1. The molecule has 0 spiro atoms. The Morgan fingerprint density at radius 1 is 0.590 bits per heavy atom. The number of amides is 10.